The summed E-state index contributed by atoms with van der Waals surface area (Å²) in [6.07, 6.45) is 0. The highest BCUT2D eigenvalue weighted by Crippen LogP contribution is 2.49. The van der Waals surface area contributed by atoms with Crippen LogP contribution in [0.1, 0.15) is 11.1 Å². The number of fused-ring (bicyclic) bond motifs is 1. The molecule has 0 saturated heterocycles. The van der Waals surface area contributed by atoms with Crippen molar-refractivity contribution in [1.29, 1.82) is 0 Å². The molecule has 0 saturated carbocycles. The molecule has 0 bridgehead atoms. The number of azo groups is 2. The number of phenolic OH excluding ortho intramolecular Hbond substituents is 1. The molecule has 8 rings (SSSR count). The summed E-state index contributed by atoms with van der Waals surface area (Å²) in [7, 11) is -30.7. The van der Waals surface area contributed by atoms with Crippen LogP contribution in [0.25, 0.3) is 10.8 Å². The molecule has 0 unspecified atom stereocenters. The minimum atomic E-state index is -5.54. The molecule has 0 aliphatic rings. The summed E-state index contributed by atoms with van der Waals surface area (Å²) >= 11 is 12.2. The lowest BCUT2D eigenvalue weighted by molar-refractivity contribution is 0.472. The number of halogens is 2. The summed E-state index contributed by atoms with van der Waals surface area (Å²) in [4.78, 5) is 18.4. The highest BCUT2D eigenvalue weighted by atomic mass is 35.5. The van der Waals surface area contributed by atoms with Gasteiger partial charge in [-0.1, -0.05) is 0 Å². The number of benzene rings is 6. The maximum absolute atomic E-state index is 12.8. The van der Waals surface area contributed by atoms with Crippen molar-refractivity contribution in [1.82, 2.24) is 29.9 Å². The molecule has 6 aromatic carbocycles. The van der Waals surface area contributed by atoms with Crippen LogP contribution >= 0.6 is 23.2 Å². The number of hydrogen-bond acceptors (Lipinski definition) is 28. The van der Waals surface area contributed by atoms with Gasteiger partial charge in [-0.05, 0) is 138 Å². The quantitative estimate of drug-likeness (QED) is 0.0222. The average Bonchev–Trinajstić information content (AvgIpc) is 0.963. The van der Waals surface area contributed by atoms with E-state index < -0.39 is 146 Å². The number of aromatic hydroxyl groups is 1. The summed E-state index contributed by atoms with van der Waals surface area (Å²) in [6, 6.07) is 13.5. The van der Waals surface area contributed by atoms with E-state index in [4.69, 9.17) is 28.9 Å². The van der Waals surface area contributed by atoms with Gasteiger partial charge in [-0.2, -0.15) is 80.4 Å². The second-order valence-corrected chi connectivity index (χ2v) is 26.0. The summed E-state index contributed by atoms with van der Waals surface area (Å²) in [6.45, 7) is 2.98. The first-order valence-corrected chi connectivity index (χ1v) is 31.4. The Hall–Kier alpha value is -8.36. The van der Waals surface area contributed by atoms with Gasteiger partial charge in [0.25, 0.3) is 60.7 Å². The third-order valence-electron chi connectivity index (χ3n) is 11.1. The standard InChI is InChI=1S/C42H33Cl2N15O19S6/c1-17-11-22(79(61,62)63)5-9-24(17)48-41-52-37(43)50-39(54-41)46-20-3-7-26(28(15-20)81(67,68)69)56-58-34-30(83(73,74)75)13-19-14-31(84(76,77)78)35(36(60)32(19)33(34)45)59-57-27-8-4-21(16-29(27)82(70,71)72)47-40-51-38(44)53-42(55-40)49-25-10-6-23(12-18(25)2)80(64,65)66/h3-16,60H,45H2,1-2H3,(H,61,62,63)(H,64,65,66)(H,67,68,69)(H,70,71,72)(H,73,74,75)(H,76,77,78)(H2,46,48,50,52,54)(H2,47,49,51,53,55). The van der Waals surface area contributed by atoms with Crippen molar-refractivity contribution in [3.63, 3.8) is 0 Å². The van der Waals surface area contributed by atoms with E-state index in [1.165, 1.54) is 26.0 Å². The number of aryl methyl sites for hydroxylation is 2. The fourth-order valence-corrected chi connectivity index (χ4v) is 11.4. The molecule has 84 heavy (non-hydrogen) atoms. The average molecular weight is 1320 g/mol. The van der Waals surface area contributed by atoms with Gasteiger partial charge in [0.1, 0.15) is 42.3 Å². The van der Waals surface area contributed by atoms with Gasteiger partial charge < -0.3 is 32.1 Å². The molecule has 0 radical (unpaired) electrons. The van der Waals surface area contributed by atoms with Crippen LogP contribution < -0.4 is 27.0 Å². The van der Waals surface area contributed by atoms with Crippen LogP contribution in [0.5, 0.6) is 5.75 Å². The number of nitrogens with two attached hydrogens (primary N) is 1. The SMILES string of the molecule is Cc1cc(S(=O)(=O)O)ccc1Nc1nc(Cl)nc(Nc2ccc(N=Nc3c(S(=O)(=O)O)cc4cc(S(=O)(=O)O)c(N=Nc5ccc(Nc6nc(Cl)nc(Nc7ccc(S(=O)(=O)O)cc7C)n6)cc5S(=O)(=O)O)c(O)c4c3N)c(S(=O)(=O)O)c2)n1. The lowest BCUT2D eigenvalue weighted by Gasteiger charge is -2.14. The Morgan fingerprint density at radius 2 is 0.786 bits per heavy atom. The number of rotatable bonds is 18. The van der Waals surface area contributed by atoms with Crippen LogP contribution in [-0.2, 0) is 60.7 Å². The second kappa shape index (κ2) is 22.7. The predicted molar refractivity (Wildman–Crippen MR) is 295 cm³/mol. The fourth-order valence-electron chi connectivity index (χ4n) is 7.37. The van der Waals surface area contributed by atoms with Crippen molar-refractivity contribution < 1.29 is 82.9 Å². The first-order chi connectivity index (χ1) is 38.8. The van der Waals surface area contributed by atoms with Gasteiger partial charge in [-0.3, -0.25) is 27.3 Å². The van der Waals surface area contributed by atoms with Gasteiger partial charge >= 0.3 is 0 Å². The number of nitrogens with one attached hydrogen (secondary N) is 4. The fraction of sp³-hybridized carbons (Fsp3) is 0.0476. The van der Waals surface area contributed by atoms with Crippen molar-refractivity contribution >= 4 is 170 Å². The molecule has 0 aliphatic carbocycles. The Kier molecular flexibility index (Phi) is 16.6. The van der Waals surface area contributed by atoms with Gasteiger partial charge in [0.05, 0.1) is 20.9 Å². The maximum atomic E-state index is 12.8. The zero-order chi connectivity index (χ0) is 61.8. The van der Waals surface area contributed by atoms with Crippen LogP contribution in [0.2, 0.25) is 10.6 Å². The van der Waals surface area contributed by atoms with E-state index in [0.717, 1.165) is 60.7 Å². The van der Waals surface area contributed by atoms with Crippen molar-refractivity contribution in [2.45, 2.75) is 43.2 Å². The van der Waals surface area contributed by atoms with E-state index in [1.807, 2.05) is 0 Å². The van der Waals surface area contributed by atoms with Crippen molar-refractivity contribution in [3.05, 3.63) is 107 Å². The van der Waals surface area contributed by atoms with Crippen LogP contribution in [0, 0.1) is 13.8 Å². The molecule has 0 amide bonds. The van der Waals surface area contributed by atoms with Crippen LogP contribution in [0.3, 0.4) is 0 Å². The molecular weight excluding hydrogens is 1280 g/mol. The number of nitrogens with zero attached hydrogens (tertiary/aromatic N) is 10. The summed E-state index contributed by atoms with van der Waals surface area (Å²) in [5.74, 6) is -2.51. The minimum Gasteiger partial charge on any atom is -0.505 e. The Bertz CT molecular complexity index is 4600. The largest absolute Gasteiger partial charge is 0.505 e. The molecule has 42 heteroatoms. The monoisotopic (exact) mass is 1310 g/mol. The molecule has 13 N–H and O–H groups in total. The normalized spacial score (nSPS) is 12.7. The topological polar surface area (TPSA) is 547 Å². The molecule has 34 nitrogen and oxygen atoms in total. The van der Waals surface area contributed by atoms with E-state index in [1.54, 1.807) is 0 Å². The summed E-state index contributed by atoms with van der Waals surface area (Å²) in [5.41, 5.74) is 2.24. The lowest BCUT2D eigenvalue weighted by Crippen LogP contribution is -2.06. The minimum absolute atomic E-state index is 0.193. The molecule has 8 aromatic rings. The first kappa shape index (κ1) is 61.7. The third-order valence-corrected chi connectivity index (χ3v) is 16.6. The van der Waals surface area contributed by atoms with Crippen molar-refractivity contribution in [3.8, 4) is 5.75 Å². The van der Waals surface area contributed by atoms with Gasteiger partial charge in [0.15, 0.2) is 5.75 Å². The van der Waals surface area contributed by atoms with E-state index in [9.17, 15) is 82.9 Å². The second-order valence-electron chi connectivity index (χ2n) is 16.9. The van der Waals surface area contributed by atoms with Gasteiger partial charge in [-0.15, -0.1) is 20.5 Å². The van der Waals surface area contributed by atoms with Gasteiger partial charge in [0, 0.05) is 22.7 Å². The molecule has 2 heterocycles. The first-order valence-electron chi connectivity index (χ1n) is 22.0. The molecule has 0 spiro atoms. The predicted octanol–water partition coefficient (Wildman–Crippen LogP) is 7.71. The Morgan fingerprint density at radius 3 is 1.14 bits per heavy atom. The summed E-state index contributed by atoms with van der Waals surface area (Å²) in [5, 5.41) is 34.8. The number of aromatic nitrogens is 6. The Labute approximate surface area is 482 Å². The number of phenols is 1. The highest BCUT2D eigenvalue weighted by molar-refractivity contribution is 7.87. The van der Waals surface area contributed by atoms with Gasteiger partial charge in [-0.25, -0.2) is 0 Å². The zero-order valence-electron chi connectivity index (χ0n) is 41.4. The Balaban J connectivity index is 1.13. The zero-order valence-corrected chi connectivity index (χ0v) is 47.8. The van der Waals surface area contributed by atoms with E-state index in [2.05, 4.69) is 71.6 Å². The molecule has 2 aromatic heterocycles. The van der Waals surface area contributed by atoms with Crippen LogP contribution in [-0.4, -0.2) is 113 Å². The number of nitrogen functional groups attached to an aromatic ring is 1. The third kappa shape index (κ3) is 14.2. The number of anilines is 9. The molecule has 440 valence electrons. The van der Waals surface area contributed by atoms with Crippen molar-refractivity contribution in [2.75, 3.05) is 27.0 Å². The Morgan fingerprint density at radius 1 is 0.429 bits per heavy atom. The maximum Gasteiger partial charge on any atom is 0.296 e. The highest BCUT2D eigenvalue weighted by Gasteiger charge is 2.29. The van der Waals surface area contributed by atoms with Crippen LogP contribution in [0.15, 0.2) is 135 Å². The van der Waals surface area contributed by atoms with E-state index in [-0.39, 0.29) is 46.5 Å². The van der Waals surface area contributed by atoms with Crippen molar-refractivity contribution in [2.24, 2.45) is 20.5 Å². The van der Waals surface area contributed by atoms with E-state index in [0.29, 0.717) is 23.3 Å². The number of hydrogen-bond donors (Lipinski definition) is 12. The summed E-state index contributed by atoms with van der Waals surface area (Å²) < 4.78 is 208. The van der Waals surface area contributed by atoms with E-state index >= 15 is 0 Å². The van der Waals surface area contributed by atoms with Crippen LogP contribution in [0.4, 0.5) is 75.0 Å². The molecule has 0 aliphatic heterocycles. The lowest BCUT2D eigenvalue weighted by atomic mass is 10.1. The molecule has 0 fully saturated rings. The molecule has 0 atom stereocenters. The van der Waals surface area contributed by atoms with Gasteiger partial charge in [0.2, 0.25) is 34.4 Å². The molecular formula is C42H33Cl2N15O19S6. The smallest absolute Gasteiger partial charge is 0.296 e.